The second-order valence-electron chi connectivity index (χ2n) is 5.46. The number of carbonyl (C=O) groups excluding carboxylic acids is 1. The van der Waals surface area contributed by atoms with E-state index in [1.165, 1.54) is 0 Å². The average molecular weight is 343 g/mol. The lowest BCUT2D eigenvalue weighted by Crippen LogP contribution is -2.13. The highest BCUT2D eigenvalue weighted by Crippen LogP contribution is 2.25. The van der Waals surface area contributed by atoms with Crippen molar-refractivity contribution in [2.45, 2.75) is 26.9 Å². The predicted octanol–water partition coefficient (Wildman–Crippen LogP) is 4.27. The number of benzene rings is 2. The fourth-order valence-electron chi connectivity index (χ4n) is 2.40. The van der Waals surface area contributed by atoms with Crippen molar-refractivity contribution in [3.8, 4) is 11.5 Å². The fraction of sp³-hybridized carbons (Fsp3) is 0.350. The maximum Gasteiger partial charge on any atom is 0.255 e. The summed E-state index contributed by atoms with van der Waals surface area (Å²) in [7, 11) is 1.57. The van der Waals surface area contributed by atoms with Gasteiger partial charge in [0.1, 0.15) is 11.5 Å². The molecule has 1 amide bonds. The molecule has 2 aromatic rings. The van der Waals surface area contributed by atoms with Gasteiger partial charge in [0.15, 0.2) is 0 Å². The first kappa shape index (κ1) is 18.8. The summed E-state index contributed by atoms with van der Waals surface area (Å²) in [4.78, 5) is 12.6. The van der Waals surface area contributed by atoms with E-state index >= 15 is 0 Å². The van der Waals surface area contributed by atoms with Crippen molar-refractivity contribution in [3.05, 3.63) is 53.6 Å². The van der Waals surface area contributed by atoms with Gasteiger partial charge in [-0.15, -0.1) is 0 Å². The van der Waals surface area contributed by atoms with Crippen LogP contribution in [0.5, 0.6) is 11.5 Å². The summed E-state index contributed by atoms with van der Waals surface area (Å²) in [5.41, 5.74) is 2.04. The number of anilines is 1. The molecule has 0 aliphatic carbocycles. The number of nitrogens with one attached hydrogen (secondary N) is 1. The van der Waals surface area contributed by atoms with Crippen molar-refractivity contribution in [1.29, 1.82) is 0 Å². The van der Waals surface area contributed by atoms with Crippen molar-refractivity contribution >= 4 is 11.6 Å². The quantitative estimate of drug-likeness (QED) is 0.691. The molecular weight excluding hydrogens is 318 g/mol. The molecule has 2 rings (SSSR count). The zero-order valence-corrected chi connectivity index (χ0v) is 15.0. The number of amides is 1. The van der Waals surface area contributed by atoms with E-state index in [9.17, 15) is 4.79 Å². The lowest BCUT2D eigenvalue weighted by atomic mass is 10.1. The van der Waals surface area contributed by atoms with Gasteiger partial charge in [0, 0.05) is 17.7 Å². The van der Waals surface area contributed by atoms with Gasteiger partial charge in [-0.1, -0.05) is 19.1 Å². The summed E-state index contributed by atoms with van der Waals surface area (Å²) in [6.07, 6.45) is 0.942. The predicted molar refractivity (Wildman–Crippen MR) is 98.5 cm³/mol. The molecule has 0 aliphatic heterocycles. The first-order valence-corrected chi connectivity index (χ1v) is 8.47. The molecule has 0 saturated heterocycles. The number of methoxy groups -OCH3 is 1. The molecule has 0 unspecified atom stereocenters. The Morgan fingerprint density at radius 3 is 2.60 bits per heavy atom. The number of carbonyl (C=O) groups is 1. The summed E-state index contributed by atoms with van der Waals surface area (Å²) in [6.45, 7) is 5.63. The minimum absolute atomic E-state index is 0.204. The number of para-hydroxylation sites is 2. The van der Waals surface area contributed by atoms with Crippen LogP contribution in [0.4, 0.5) is 5.69 Å². The summed E-state index contributed by atoms with van der Waals surface area (Å²) >= 11 is 0. The van der Waals surface area contributed by atoms with Gasteiger partial charge >= 0.3 is 0 Å². The van der Waals surface area contributed by atoms with E-state index in [-0.39, 0.29) is 5.91 Å². The zero-order chi connectivity index (χ0) is 18.1. The van der Waals surface area contributed by atoms with Crippen LogP contribution in [0.1, 0.15) is 36.2 Å². The summed E-state index contributed by atoms with van der Waals surface area (Å²) < 4.78 is 16.5. The van der Waals surface area contributed by atoms with Gasteiger partial charge in [-0.3, -0.25) is 4.79 Å². The molecule has 0 fully saturated rings. The molecule has 0 saturated carbocycles. The Labute approximate surface area is 148 Å². The Kier molecular flexibility index (Phi) is 7.29. The van der Waals surface area contributed by atoms with E-state index in [4.69, 9.17) is 14.2 Å². The van der Waals surface area contributed by atoms with Gasteiger partial charge < -0.3 is 19.5 Å². The van der Waals surface area contributed by atoms with E-state index < -0.39 is 0 Å². The Balaban J connectivity index is 2.19. The second-order valence-corrected chi connectivity index (χ2v) is 5.46. The maximum atomic E-state index is 12.6. The third-order valence-electron chi connectivity index (χ3n) is 3.58. The van der Waals surface area contributed by atoms with Gasteiger partial charge in [-0.2, -0.15) is 0 Å². The van der Waals surface area contributed by atoms with Crippen molar-refractivity contribution in [3.63, 3.8) is 0 Å². The van der Waals surface area contributed by atoms with E-state index in [1.54, 1.807) is 25.3 Å². The highest BCUT2D eigenvalue weighted by molar-refractivity contribution is 6.05. The first-order chi connectivity index (χ1) is 12.2. The van der Waals surface area contributed by atoms with Crippen LogP contribution in [0.2, 0.25) is 0 Å². The molecule has 0 aliphatic rings. The van der Waals surface area contributed by atoms with E-state index in [0.29, 0.717) is 36.8 Å². The highest BCUT2D eigenvalue weighted by atomic mass is 16.5. The lowest BCUT2D eigenvalue weighted by molar-refractivity contribution is 0.102. The number of rotatable bonds is 9. The molecule has 0 spiro atoms. The van der Waals surface area contributed by atoms with Crippen LogP contribution in [-0.4, -0.2) is 26.2 Å². The molecule has 0 radical (unpaired) electrons. The topological polar surface area (TPSA) is 56.8 Å². The van der Waals surface area contributed by atoms with Crippen LogP contribution in [-0.2, 0) is 11.3 Å². The Morgan fingerprint density at radius 2 is 1.88 bits per heavy atom. The van der Waals surface area contributed by atoms with Crippen LogP contribution in [0.25, 0.3) is 0 Å². The van der Waals surface area contributed by atoms with Gasteiger partial charge in [0.2, 0.25) is 0 Å². The third kappa shape index (κ3) is 5.22. The molecule has 5 heteroatoms. The molecular formula is C20H25NO4. The highest BCUT2D eigenvalue weighted by Gasteiger charge is 2.13. The van der Waals surface area contributed by atoms with Crippen LogP contribution in [0, 0.1) is 0 Å². The SMILES string of the molecule is CCCOCc1cc(C(=O)Nc2ccccc2OC)ccc1OCC. The van der Waals surface area contributed by atoms with Crippen molar-refractivity contribution < 1.29 is 19.0 Å². The number of hydrogen-bond acceptors (Lipinski definition) is 4. The molecule has 134 valence electrons. The number of hydrogen-bond donors (Lipinski definition) is 1. The average Bonchev–Trinajstić information content (AvgIpc) is 2.63. The Bertz CT molecular complexity index is 700. The Hall–Kier alpha value is -2.53. The Morgan fingerprint density at radius 1 is 1.08 bits per heavy atom. The number of ether oxygens (including phenoxy) is 3. The van der Waals surface area contributed by atoms with Gasteiger partial charge in [0.25, 0.3) is 5.91 Å². The largest absolute Gasteiger partial charge is 0.495 e. The summed E-state index contributed by atoms with van der Waals surface area (Å²) in [5, 5.41) is 2.88. The lowest BCUT2D eigenvalue weighted by Gasteiger charge is -2.13. The fourth-order valence-corrected chi connectivity index (χ4v) is 2.40. The smallest absolute Gasteiger partial charge is 0.255 e. The molecule has 5 nitrogen and oxygen atoms in total. The molecule has 2 aromatic carbocycles. The minimum atomic E-state index is -0.204. The molecule has 0 atom stereocenters. The van der Waals surface area contributed by atoms with Crippen molar-refractivity contribution in [2.75, 3.05) is 25.6 Å². The summed E-state index contributed by atoms with van der Waals surface area (Å²) in [6, 6.07) is 12.7. The maximum absolute atomic E-state index is 12.6. The van der Waals surface area contributed by atoms with Gasteiger partial charge in [-0.25, -0.2) is 0 Å². The van der Waals surface area contributed by atoms with Crippen LogP contribution >= 0.6 is 0 Å². The minimum Gasteiger partial charge on any atom is -0.495 e. The van der Waals surface area contributed by atoms with E-state index in [1.807, 2.05) is 31.2 Å². The van der Waals surface area contributed by atoms with Crippen LogP contribution in [0.15, 0.2) is 42.5 Å². The molecule has 0 heterocycles. The van der Waals surface area contributed by atoms with Crippen LogP contribution in [0.3, 0.4) is 0 Å². The third-order valence-corrected chi connectivity index (χ3v) is 3.58. The molecule has 1 N–H and O–H groups in total. The zero-order valence-electron chi connectivity index (χ0n) is 15.0. The van der Waals surface area contributed by atoms with E-state index in [0.717, 1.165) is 17.7 Å². The monoisotopic (exact) mass is 343 g/mol. The van der Waals surface area contributed by atoms with Gasteiger partial charge in [-0.05, 0) is 43.7 Å². The van der Waals surface area contributed by atoms with Gasteiger partial charge in [0.05, 0.1) is 26.0 Å². The van der Waals surface area contributed by atoms with E-state index in [2.05, 4.69) is 12.2 Å². The summed E-state index contributed by atoms with van der Waals surface area (Å²) in [5.74, 6) is 1.16. The second kappa shape index (κ2) is 9.69. The molecule has 0 aromatic heterocycles. The normalized spacial score (nSPS) is 10.4. The molecule has 25 heavy (non-hydrogen) atoms. The first-order valence-electron chi connectivity index (χ1n) is 8.47. The molecule has 0 bridgehead atoms. The van der Waals surface area contributed by atoms with Crippen LogP contribution < -0.4 is 14.8 Å². The van der Waals surface area contributed by atoms with Crippen molar-refractivity contribution in [1.82, 2.24) is 0 Å². The van der Waals surface area contributed by atoms with Crippen molar-refractivity contribution in [2.24, 2.45) is 0 Å². The standard InChI is InChI=1S/C20H25NO4/c1-4-12-24-14-16-13-15(10-11-18(16)25-5-2)20(22)21-17-8-6-7-9-19(17)23-3/h6-11,13H,4-5,12,14H2,1-3H3,(H,21,22).